The van der Waals surface area contributed by atoms with Crippen LogP contribution in [0.15, 0.2) is 47.7 Å². The van der Waals surface area contributed by atoms with Crippen molar-refractivity contribution in [2.75, 3.05) is 0 Å². The molecule has 0 aliphatic heterocycles. The van der Waals surface area contributed by atoms with E-state index in [2.05, 4.69) is 0 Å². The summed E-state index contributed by atoms with van der Waals surface area (Å²) < 4.78 is 11.1. The fraction of sp³-hybridized carbons (Fsp3) is 0.250. The maximum Gasteiger partial charge on any atom is 0.427 e. The summed E-state index contributed by atoms with van der Waals surface area (Å²) in [4.78, 5) is 42.0. The van der Waals surface area contributed by atoms with Crippen molar-refractivity contribution in [3.63, 3.8) is 0 Å². The molecule has 0 heterocycles. The Labute approximate surface area is 138 Å². The Bertz CT molecular complexity index is 777. The molecule has 128 valence electrons. The Morgan fingerprint density at radius 3 is 2.67 bits per heavy atom. The molecule has 7 nitrogen and oxygen atoms in total. The molecule has 8 heteroatoms. The van der Waals surface area contributed by atoms with Crippen LogP contribution in [0.5, 0.6) is 5.75 Å². The lowest BCUT2D eigenvalue weighted by Crippen LogP contribution is -2.21. The number of ketones is 2. The third-order valence-electron chi connectivity index (χ3n) is 3.62. The van der Waals surface area contributed by atoms with Gasteiger partial charge in [-0.1, -0.05) is 19.1 Å². The van der Waals surface area contributed by atoms with Gasteiger partial charge in [-0.05, 0) is 35.8 Å². The summed E-state index contributed by atoms with van der Waals surface area (Å²) in [6.45, 7) is 1.81. The van der Waals surface area contributed by atoms with E-state index in [0.717, 1.165) is 5.56 Å². The molecule has 1 aromatic carbocycles. The second kappa shape index (κ2) is 7.13. The molecule has 0 saturated carbocycles. The molecule has 0 fully saturated rings. The zero-order valence-electron chi connectivity index (χ0n) is 13.0. The first-order valence-electron chi connectivity index (χ1n) is 7.26. The number of phenolic OH excluding ortho intramolecular Hbond substituents is 1. The highest BCUT2D eigenvalue weighted by molar-refractivity contribution is 7.49. The Morgan fingerprint density at radius 2 is 2.04 bits per heavy atom. The molecule has 1 aliphatic rings. The number of carbonyl (C=O) groups is 2. The van der Waals surface area contributed by atoms with E-state index >= 15 is 0 Å². The molecule has 1 aromatic rings. The number of allylic oxidation sites excluding steroid dienone is 4. The lowest BCUT2D eigenvalue weighted by Gasteiger charge is -2.18. The second-order valence-corrected chi connectivity index (χ2v) is 6.96. The number of aromatic hydroxyl groups is 1. The molecule has 0 saturated heterocycles. The molecule has 2 rings (SSSR count). The number of phenols is 1. The highest BCUT2D eigenvalue weighted by Gasteiger charge is 2.25. The molecule has 4 N–H and O–H groups in total. The Kier molecular flexibility index (Phi) is 5.39. The van der Waals surface area contributed by atoms with Gasteiger partial charge in [0.15, 0.2) is 11.6 Å². The van der Waals surface area contributed by atoms with Crippen molar-refractivity contribution in [3.05, 3.63) is 53.3 Å². The van der Waals surface area contributed by atoms with Crippen LogP contribution in [0.25, 0.3) is 0 Å². The first-order chi connectivity index (χ1) is 11.2. The molecule has 0 amide bonds. The van der Waals surface area contributed by atoms with Crippen LogP contribution < -0.4 is 5.09 Å². The van der Waals surface area contributed by atoms with Crippen molar-refractivity contribution in [2.24, 2.45) is 0 Å². The number of hydrogen-bond acceptors (Lipinski definition) is 4. The quantitative estimate of drug-likeness (QED) is 0.577. The minimum Gasteiger partial charge on any atom is -0.508 e. The number of Topliss-reactive ketones (excluding diaryl/α,β-unsaturated/α-hetero) is 1. The van der Waals surface area contributed by atoms with E-state index in [1.165, 1.54) is 18.2 Å². The van der Waals surface area contributed by atoms with E-state index in [1.807, 2.05) is 5.09 Å². The molecule has 1 atom stereocenters. The smallest absolute Gasteiger partial charge is 0.427 e. The number of nitrogens with one attached hydrogen (secondary N) is 1. The zero-order valence-corrected chi connectivity index (χ0v) is 13.9. The van der Waals surface area contributed by atoms with Crippen molar-refractivity contribution in [1.29, 1.82) is 0 Å². The zero-order chi connectivity index (χ0) is 17.9. The van der Waals surface area contributed by atoms with Crippen LogP contribution in [0.2, 0.25) is 0 Å². The molecular weight excluding hydrogens is 333 g/mol. The summed E-state index contributed by atoms with van der Waals surface area (Å²) in [5.74, 6) is -0.800. The van der Waals surface area contributed by atoms with Gasteiger partial charge < -0.3 is 14.9 Å². The van der Waals surface area contributed by atoms with Gasteiger partial charge in [-0.2, -0.15) is 0 Å². The number of benzene rings is 1. The van der Waals surface area contributed by atoms with E-state index in [1.54, 1.807) is 25.1 Å². The summed E-state index contributed by atoms with van der Waals surface area (Å²) in [6.07, 6.45) is 2.31. The molecule has 0 bridgehead atoms. The molecule has 1 unspecified atom stereocenters. The first kappa shape index (κ1) is 18.1. The van der Waals surface area contributed by atoms with Gasteiger partial charge in [0.25, 0.3) is 0 Å². The third kappa shape index (κ3) is 4.89. The predicted molar refractivity (Wildman–Crippen MR) is 87.1 cm³/mol. The topological polar surface area (TPSA) is 124 Å². The van der Waals surface area contributed by atoms with Crippen molar-refractivity contribution < 1.29 is 29.0 Å². The molecule has 0 radical (unpaired) electrons. The number of carbonyl (C=O) groups excluding carboxylic acids is 2. The average Bonchev–Trinajstić information content (AvgIpc) is 2.45. The van der Waals surface area contributed by atoms with Crippen LogP contribution in [0, 0.1) is 0 Å². The Morgan fingerprint density at radius 1 is 1.33 bits per heavy atom. The van der Waals surface area contributed by atoms with Gasteiger partial charge in [0.2, 0.25) is 0 Å². The molecule has 24 heavy (non-hydrogen) atoms. The van der Waals surface area contributed by atoms with E-state index in [9.17, 15) is 19.3 Å². The second-order valence-electron chi connectivity index (χ2n) is 5.65. The van der Waals surface area contributed by atoms with E-state index < -0.39 is 7.75 Å². The van der Waals surface area contributed by atoms with Gasteiger partial charge in [-0.25, -0.2) is 4.57 Å². The van der Waals surface area contributed by atoms with Gasteiger partial charge in [0.1, 0.15) is 5.75 Å². The normalized spacial score (nSPS) is 16.2. The summed E-state index contributed by atoms with van der Waals surface area (Å²) in [5.41, 5.74) is 0.790. The van der Waals surface area contributed by atoms with Gasteiger partial charge in [0, 0.05) is 17.7 Å². The van der Waals surface area contributed by atoms with Gasteiger partial charge in [0.05, 0.1) is 6.42 Å². The number of rotatable bonds is 6. The van der Waals surface area contributed by atoms with E-state index in [4.69, 9.17) is 9.79 Å². The van der Waals surface area contributed by atoms with Gasteiger partial charge in [-0.3, -0.25) is 14.7 Å². The molecule has 0 aromatic heterocycles. The Hall–Kier alpha value is -2.21. The average molecular weight is 351 g/mol. The fourth-order valence-electron chi connectivity index (χ4n) is 2.48. The fourth-order valence-corrected chi connectivity index (χ4v) is 3.03. The van der Waals surface area contributed by atoms with Crippen LogP contribution in [0.4, 0.5) is 0 Å². The maximum atomic E-state index is 12.5. The summed E-state index contributed by atoms with van der Waals surface area (Å²) in [7, 11) is -4.62. The molecule has 1 aliphatic carbocycles. The van der Waals surface area contributed by atoms with Crippen LogP contribution in [0.1, 0.15) is 31.2 Å². The van der Waals surface area contributed by atoms with Crippen LogP contribution >= 0.6 is 7.75 Å². The first-order valence-corrected chi connectivity index (χ1v) is 8.87. The van der Waals surface area contributed by atoms with E-state index in [0.29, 0.717) is 0 Å². The standard InChI is InChI=1S/C16H18NO6P/c1-10(11-3-2-4-12(18)8-11)7-16(20)14-6-5-13(19)9-15(14)17-24(21,22)23/h2-6,8,10,18H,7,9H2,1H3,(H3,17,21,22,23). The van der Waals surface area contributed by atoms with Crippen LogP contribution in [-0.2, 0) is 14.2 Å². The Balaban J connectivity index is 2.22. The molecular formula is C16H18NO6P. The van der Waals surface area contributed by atoms with E-state index in [-0.39, 0.29) is 47.3 Å². The van der Waals surface area contributed by atoms with Crippen molar-refractivity contribution in [3.8, 4) is 5.75 Å². The SMILES string of the molecule is CC(CC(=O)C1=C(NP(=O)(O)O)CC(=O)C=C1)c1cccc(O)c1. The van der Waals surface area contributed by atoms with Crippen molar-refractivity contribution >= 4 is 19.3 Å². The monoisotopic (exact) mass is 351 g/mol. The van der Waals surface area contributed by atoms with Gasteiger partial charge in [-0.15, -0.1) is 0 Å². The van der Waals surface area contributed by atoms with Crippen molar-refractivity contribution in [1.82, 2.24) is 5.09 Å². The largest absolute Gasteiger partial charge is 0.508 e. The number of hydrogen-bond donors (Lipinski definition) is 4. The highest BCUT2D eigenvalue weighted by Crippen LogP contribution is 2.34. The lowest BCUT2D eigenvalue weighted by molar-refractivity contribution is -0.115. The van der Waals surface area contributed by atoms with Crippen LogP contribution in [-0.4, -0.2) is 26.5 Å². The lowest BCUT2D eigenvalue weighted by atomic mass is 9.90. The summed E-state index contributed by atoms with van der Waals surface area (Å²) >= 11 is 0. The third-order valence-corrected chi connectivity index (χ3v) is 4.19. The highest BCUT2D eigenvalue weighted by atomic mass is 31.2. The van der Waals surface area contributed by atoms with Crippen LogP contribution in [0.3, 0.4) is 0 Å². The van der Waals surface area contributed by atoms with Crippen molar-refractivity contribution in [2.45, 2.75) is 25.7 Å². The molecule has 0 spiro atoms. The predicted octanol–water partition coefficient (Wildman–Crippen LogP) is 1.92. The van der Waals surface area contributed by atoms with Gasteiger partial charge >= 0.3 is 7.75 Å². The minimum atomic E-state index is -4.62. The maximum absolute atomic E-state index is 12.5. The minimum absolute atomic E-state index is 0.0658. The summed E-state index contributed by atoms with van der Waals surface area (Å²) in [5, 5.41) is 11.5. The summed E-state index contributed by atoms with van der Waals surface area (Å²) in [6, 6.07) is 6.53.